The van der Waals surface area contributed by atoms with Crippen LogP contribution in [0.1, 0.15) is 24.3 Å². The van der Waals surface area contributed by atoms with Gasteiger partial charge in [0.1, 0.15) is 18.0 Å². The fourth-order valence-corrected chi connectivity index (χ4v) is 4.11. The molecular formula is C23H35IN4O3S. The second-order valence-corrected chi connectivity index (χ2v) is 8.66. The average molecular weight is 575 g/mol. The first-order chi connectivity index (χ1) is 15.1. The van der Waals surface area contributed by atoms with Gasteiger partial charge in [0.15, 0.2) is 5.96 Å². The molecule has 1 saturated heterocycles. The molecule has 7 nitrogen and oxygen atoms in total. The lowest BCUT2D eigenvalue weighted by molar-refractivity contribution is 0.0322. The van der Waals surface area contributed by atoms with Gasteiger partial charge in [-0.25, -0.2) is 4.99 Å². The van der Waals surface area contributed by atoms with E-state index < -0.39 is 5.60 Å². The summed E-state index contributed by atoms with van der Waals surface area (Å²) in [6.45, 7) is 10.5. The summed E-state index contributed by atoms with van der Waals surface area (Å²) in [5, 5.41) is 19.2. The van der Waals surface area contributed by atoms with E-state index in [1.54, 1.807) is 11.3 Å². The zero-order valence-corrected chi connectivity index (χ0v) is 22.0. The van der Waals surface area contributed by atoms with Gasteiger partial charge in [0, 0.05) is 36.6 Å². The van der Waals surface area contributed by atoms with Crippen LogP contribution in [0, 0.1) is 0 Å². The normalized spacial score (nSPS) is 16.7. The molecule has 0 amide bonds. The molecule has 1 fully saturated rings. The molecule has 1 aliphatic rings. The summed E-state index contributed by atoms with van der Waals surface area (Å²) in [5.41, 5.74) is 0.0805. The van der Waals surface area contributed by atoms with E-state index in [4.69, 9.17) is 14.5 Å². The van der Waals surface area contributed by atoms with Gasteiger partial charge in [-0.3, -0.25) is 4.90 Å². The topological polar surface area (TPSA) is 78.4 Å². The standard InChI is InChI=1S/C23H34N4O3S.HI/c1-3-24-22(26-18-23(2,28)21-9-6-16-31-21)25-17-19-7-4-5-8-20(19)30-15-12-27-10-13-29-14-11-27;/h4-9,16,28H,3,10-15,17-18H2,1-2H3,(H2,24,25,26);1H. The number of nitrogens with zero attached hydrogens (tertiary/aromatic N) is 2. The number of hydrogen-bond acceptors (Lipinski definition) is 6. The minimum Gasteiger partial charge on any atom is -0.492 e. The van der Waals surface area contributed by atoms with Crippen LogP contribution in [0.2, 0.25) is 0 Å². The molecule has 1 aliphatic heterocycles. The lowest BCUT2D eigenvalue weighted by atomic mass is 10.1. The molecule has 2 aromatic rings. The molecule has 3 rings (SSSR count). The van der Waals surface area contributed by atoms with Gasteiger partial charge in [-0.2, -0.15) is 0 Å². The van der Waals surface area contributed by atoms with Crippen LogP contribution >= 0.6 is 35.3 Å². The zero-order valence-electron chi connectivity index (χ0n) is 18.9. The van der Waals surface area contributed by atoms with E-state index in [0.29, 0.717) is 25.7 Å². The predicted molar refractivity (Wildman–Crippen MR) is 141 cm³/mol. The average Bonchev–Trinajstić information content (AvgIpc) is 3.33. The zero-order chi connectivity index (χ0) is 21.9. The quantitative estimate of drug-likeness (QED) is 0.230. The number of rotatable bonds is 10. The van der Waals surface area contributed by atoms with Crippen LogP contribution in [0.3, 0.4) is 0 Å². The Morgan fingerprint density at radius 1 is 1.22 bits per heavy atom. The molecule has 0 radical (unpaired) electrons. The third-order valence-electron chi connectivity index (χ3n) is 5.15. The maximum Gasteiger partial charge on any atom is 0.191 e. The molecule has 0 bridgehead atoms. The predicted octanol–water partition coefficient (Wildman–Crippen LogP) is 3.04. The Balaban J connectivity index is 0.00000363. The Labute approximate surface area is 212 Å². The number of para-hydroxylation sites is 1. The monoisotopic (exact) mass is 574 g/mol. The molecule has 178 valence electrons. The van der Waals surface area contributed by atoms with Crippen molar-refractivity contribution in [1.82, 2.24) is 15.5 Å². The number of morpholine rings is 1. The molecule has 9 heteroatoms. The van der Waals surface area contributed by atoms with Crippen molar-refractivity contribution >= 4 is 41.3 Å². The summed E-state index contributed by atoms with van der Waals surface area (Å²) in [6, 6.07) is 11.9. The van der Waals surface area contributed by atoms with Crippen molar-refractivity contribution in [2.45, 2.75) is 26.0 Å². The lowest BCUT2D eigenvalue weighted by Gasteiger charge is -2.26. The van der Waals surface area contributed by atoms with Crippen molar-refractivity contribution in [3.8, 4) is 5.75 Å². The number of aliphatic imine (C=N–C) groups is 1. The van der Waals surface area contributed by atoms with Gasteiger partial charge in [0.25, 0.3) is 0 Å². The highest BCUT2D eigenvalue weighted by Gasteiger charge is 2.24. The maximum atomic E-state index is 10.8. The number of halogens is 1. The molecule has 32 heavy (non-hydrogen) atoms. The van der Waals surface area contributed by atoms with Crippen LogP contribution in [-0.2, 0) is 16.9 Å². The number of aliphatic hydroxyl groups is 1. The second kappa shape index (κ2) is 14.0. The molecule has 2 heterocycles. The molecule has 1 aromatic carbocycles. The van der Waals surface area contributed by atoms with Gasteiger partial charge >= 0.3 is 0 Å². The fraction of sp³-hybridized carbons (Fsp3) is 0.522. The summed E-state index contributed by atoms with van der Waals surface area (Å²) in [7, 11) is 0. The van der Waals surface area contributed by atoms with E-state index in [9.17, 15) is 5.11 Å². The van der Waals surface area contributed by atoms with Crippen LogP contribution in [0.5, 0.6) is 5.75 Å². The van der Waals surface area contributed by atoms with E-state index in [1.165, 1.54) is 0 Å². The highest BCUT2D eigenvalue weighted by atomic mass is 127. The number of nitrogens with one attached hydrogen (secondary N) is 2. The minimum atomic E-state index is -0.954. The highest BCUT2D eigenvalue weighted by molar-refractivity contribution is 14.0. The minimum absolute atomic E-state index is 0. The molecule has 1 unspecified atom stereocenters. The third-order valence-corrected chi connectivity index (χ3v) is 6.27. The fourth-order valence-electron chi connectivity index (χ4n) is 3.32. The number of hydrogen-bond donors (Lipinski definition) is 3. The van der Waals surface area contributed by atoms with Gasteiger partial charge in [-0.1, -0.05) is 24.3 Å². The van der Waals surface area contributed by atoms with Crippen molar-refractivity contribution in [3.63, 3.8) is 0 Å². The van der Waals surface area contributed by atoms with Crippen LogP contribution in [-0.4, -0.2) is 68.5 Å². The van der Waals surface area contributed by atoms with Gasteiger partial charge in [0.05, 0.1) is 26.3 Å². The van der Waals surface area contributed by atoms with Gasteiger partial charge in [-0.05, 0) is 31.4 Å². The summed E-state index contributed by atoms with van der Waals surface area (Å²) in [6.07, 6.45) is 0. The molecule has 1 atom stereocenters. The van der Waals surface area contributed by atoms with Crippen molar-refractivity contribution in [2.75, 3.05) is 52.5 Å². The Hall–Kier alpha value is -1.40. The van der Waals surface area contributed by atoms with Gasteiger partial charge in [-0.15, -0.1) is 35.3 Å². The molecular weight excluding hydrogens is 539 g/mol. The van der Waals surface area contributed by atoms with Crippen molar-refractivity contribution in [1.29, 1.82) is 0 Å². The number of guanidine groups is 1. The highest BCUT2D eigenvalue weighted by Crippen LogP contribution is 2.24. The molecule has 1 aromatic heterocycles. The maximum absolute atomic E-state index is 10.8. The van der Waals surface area contributed by atoms with Crippen molar-refractivity contribution < 1.29 is 14.6 Å². The summed E-state index contributed by atoms with van der Waals surface area (Å²) in [4.78, 5) is 7.99. The van der Waals surface area contributed by atoms with Crippen LogP contribution in [0.15, 0.2) is 46.8 Å². The SMILES string of the molecule is CCNC(=NCc1ccccc1OCCN1CCOCC1)NCC(C)(O)c1cccs1.I. The van der Waals surface area contributed by atoms with E-state index in [2.05, 4.69) is 15.5 Å². The third kappa shape index (κ3) is 8.51. The largest absolute Gasteiger partial charge is 0.492 e. The summed E-state index contributed by atoms with van der Waals surface area (Å²) < 4.78 is 11.5. The first-order valence-electron chi connectivity index (χ1n) is 10.9. The van der Waals surface area contributed by atoms with E-state index >= 15 is 0 Å². The Morgan fingerprint density at radius 3 is 2.72 bits per heavy atom. The molecule has 3 N–H and O–H groups in total. The molecule has 0 spiro atoms. The number of thiophene rings is 1. The van der Waals surface area contributed by atoms with E-state index in [1.807, 2.05) is 55.6 Å². The number of benzene rings is 1. The lowest BCUT2D eigenvalue weighted by Crippen LogP contribution is -2.44. The Bertz CT molecular complexity index is 811. The molecule has 0 saturated carbocycles. The second-order valence-electron chi connectivity index (χ2n) is 7.71. The van der Waals surface area contributed by atoms with E-state index in [-0.39, 0.29) is 24.0 Å². The summed E-state index contributed by atoms with van der Waals surface area (Å²) in [5.74, 6) is 1.53. The Kier molecular flexibility index (Phi) is 11.7. The van der Waals surface area contributed by atoms with Gasteiger partial charge < -0.3 is 25.2 Å². The Morgan fingerprint density at radius 2 is 2.00 bits per heavy atom. The van der Waals surface area contributed by atoms with Crippen LogP contribution in [0.4, 0.5) is 0 Å². The first-order valence-corrected chi connectivity index (χ1v) is 11.8. The van der Waals surface area contributed by atoms with Crippen LogP contribution in [0.25, 0.3) is 0 Å². The van der Waals surface area contributed by atoms with Crippen molar-refractivity contribution in [2.24, 2.45) is 4.99 Å². The van der Waals surface area contributed by atoms with Crippen LogP contribution < -0.4 is 15.4 Å². The first kappa shape index (κ1) is 26.8. The van der Waals surface area contributed by atoms with E-state index in [0.717, 1.165) is 55.6 Å². The van der Waals surface area contributed by atoms with Crippen molar-refractivity contribution in [3.05, 3.63) is 52.2 Å². The number of ether oxygens (including phenoxy) is 2. The molecule has 0 aliphatic carbocycles. The smallest absolute Gasteiger partial charge is 0.191 e. The van der Waals surface area contributed by atoms with Gasteiger partial charge in [0.2, 0.25) is 0 Å². The summed E-state index contributed by atoms with van der Waals surface area (Å²) >= 11 is 1.55.